The summed E-state index contributed by atoms with van der Waals surface area (Å²) in [6, 6.07) is -0.649. The number of unbranched alkanes of at least 4 members (excludes halogenated alkanes) is 8. The van der Waals surface area contributed by atoms with Gasteiger partial charge >= 0.3 is 0 Å². The van der Waals surface area contributed by atoms with Gasteiger partial charge in [0.15, 0.2) is 0 Å². The Hall–Kier alpha value is -1.91. The Labute approximate surface area is 209 Å². The molecule has 194 valence electrons. The lowest BCUT2D eigenvalue weighted by atomic mass is 10.1. The summed E-state index contributed by atoms with van der Waals surface area (Å²) in [4.78, 5) is 12.2. The van der Waals surface area contributed by atoms with Crippen molar-refractivity contribution in [1.29, 1.82) is 0 Å². The molecule has 0 spiro atoms. The molecular weight excluding hydrogens is 422 g/mol. The average Bonchev–Trinajstić information content (AvgIpc) is 2.84. The van der Waals surface area contributed by atoms with E-state index in [0.29, 0.717) is 6.42 Å². The summed E-state index contributed by atoms with van der Waals surface area (Å²) < 4.78 is 0. The van der Waals surface area contributed by atoms with E-state index in [-0.39, 0.29) is 12.5 Å². The fraction of sp³-hybridized carbons (Fsp3) is 0.633. The molecule has 4 heteroatoms. The Balaban J connectivity index is 3.82. The molecule has 0 heterocycles. The fourth-order valence-electron chi connectivity index (χ4n) is 3.43. The Morgan fingerprint density at radius 2 is 1.35 bits per heavy atom. The molecule has 0 radical (unpaired) electrons. The lowest BCUT2D eigenvalue weighted by Crippen LogP contribution is -2.45. The minimum absolute atomic E-state index is 0.102. The number of aliphatic hydroxyl groups excluding tert-OH is 2. The van der Waals surface area contributed by atoms with Crippen LogP contribution in [-0.4, -0.2) is 34.9 Å². The Bertz CT molecular complexity index is 604. The summed E-state index contributed by atoms with van der Waals surface area (Å²) in [7, 11) is 0. The first-order valence-electron chi connectivity index (χ1n) is 13.5. The van der Waals surface area contributed by atoms with Crippen LogP contribution in [0.25, 0.3) is 0 Å². The molecule has 0 aliphatic carbocycles. The normalized spacial score (nSPS) is 14.4. The van der Waals surface area contributed by atoms with Crippen LogP contribution in [0, 0.1) is 0 Å². The SMILES string of the molecule is C/C=C/CC/C=C/CC/C=C/C(O)C(CO)NC(=O)CCCCCCC/C=C\C/C=C\CCC. The van der Waals surface area contributed by atoms with E-state index in [1.165, 1.54) is 25.7 Å². The van der Waals surface area contributed by atoms with Crippen LogP contribution in [0.4, 0.5) is 0 Å². The van der Waals surface area contributed by atoms with Crippen molar-refractivity contribution in [3.8, 4) is 0 Å². The highest BCUT2D eigenvalue weighted by Gasteiger charge is 2.17. The maximum absolute atomic E-state index is 12.2. The van der Waals surface area contributed by atoms with Crippen LogP contribution in [0.2, 0.25) is 0 Å². The van der Waals surface area contributed by atoms with Gasteiger partial charge in [-0.15, -0.1) is 0 Å². The van der Waals surface area contributed by atoms with Gasteiger partial charge in [-0.3, -0.25) is 4.79 Å². The van der Waals surface area contributed by atoms with E-state index in [4.69, 9.17) is 0 Å². The molecule has 2 unspecified atom stereocenters. The van der Waals surface area contributed by atoms with Crippen LogP contribution >= 0.6 is 0 Å². The third kappa shape index (κ3) is 21.9. The van der Waals surface area contributed by atoms with Crippen molar-refractivity contribution in [1.82, 2.24) is 5.32 Å². The zero-order chi connectivity index (χ0) is 25.1. The van der Waals surface area contributed by atoms with Gasteiger partial charge in [0.1, 0.15) is 0 Å². The van der Waals surface area contributed by atoms with Crippen molar-refractivity contribution in [3.05, 3.63) is 60.8 Å². The summed E-state index contributed by atoms with van der Waals surface area (Å²) in [5, 5.41) is 22.5. The standard InChI is InChI=1S/C30H51NO3/c1-3-5-7-9-11-13-14-15-16-18-20-22-24-26-30(34)31-28(27-32)29(33)25-23-21-19-17-12-10-8-6-4-2/h4,6-7,9,12-14,17,23,25,28-29,32-33H,3,5,8,10-11,15-16,18-22,24,26-27H2,1-2H3,(H,31,34)/b6-4+,9-7-,14-13-,17-12+,25-23+. The number of carbonyl (C=O) groups is 1. The Kier molecular flexibility index (Phi) is 24.3. The van der Waals surface area contributed by atoms with Gasteiger partial charge in [-0.2, -0.15) is 0 Å². The van der Waals surface area contributed by atoms with Crippen molar-refractivity contribution in [3.63, 3.8) is 0 Å². The first-order valence-corrected chi connectivity index (χ1v) is 13.5. The molecule has 0 aromatic rings. The second-order valence-electron chi connectivity index (χ2n) is 8.74. The number of rotatable bonds is 22. The van der Waals surface area contributed by atoms with Crippen molar-refractivity contribution >= 4 is 5.91 Å². The number of hydrogen-bond acceptors (Lipinski definition) is 3. The molecule has 0 aliphatic rings. The van der Waals surface area contributed by atoms with E-state index >= 15 is 0 Å². The minimum Gasteiger partial charge on any atom is -0.394 e. The van der Waals surface area contributed by atoms with Crippen LogP contribution in [0.5, 0.6) is 0 Å². The molecule has 0 aromatic heterocycles. The molecule has 1 amide bonds. The van der Waals surface area contributed by atoms with Crippen LogP contribution < -0.4 is 5.32 Å². The highest BCUT2D eigenvalue weighted by molar-refractivity contribution is 5.76. The number of hydrogen-bond donors (Lipinski definition) is 3. The Morgan fingerprint density at radius 1 is 0.765 bits per heavy atom. The third-order valence-electron chi connectivity index (χ3n) is 5.53. The lowest BCUT2D eigenvalue weighted by Gasteiger charge is -2.19. The number of allylic oxidation sites excluding steroid dienone is 9. The average molecular weight is 474 g/mol. The van der Waals surface area contributed by atoms with Gasteiger partial charge in [0.25, 0.3) is 0 Å². The van der Waals surface area contributed by atoms with E-state index in [1.54, 1.807) is 6.08 Å². The van der Waals surface area contributed by atoms with Crippen molar-refractivity contribution in [2.75, 3.05) is 6.61 Å². The highest BCUT2D eigenvalue weighted by Crippen LogP contribution is 2.09. The number of carbonyl (C=O) groups excluding carboxylic acids is 1. The lowest BCUT2D eigenvalue weighted by molar-refractivity contribution is -0.123. The number of nitrogens with one attached hydrogen (secondary N) is 1. The van der Waals surface area contributed by atoms with E-state index in [0.717, 1.165) is 57.8 Å². The van der Waals surface area contributed by atoms with Crippen LogP contribution in [0.1, 0.15) is 104 Å². The van der Waals surface area contributed by atoms with Gasteiger partial charge < -0.3 is 15.5 Å². The summed E-state index contributed by atoms with van der Waals surface area (Å²) in [6.07, 6.45) is 34.4. The largest absolute Gasteiger partial charge is 0.394 e. The maximum atomic E-state index is 12.2. The molecule has 0 rings (SSSR count). The molecule has 3 N–H and O–H groups in total. The fourth-order valence-corrected chi connectivity index (χ4v) is 3.43. The quantitative estimate of drug-likeness (QED) is 0.116. The monoisotopic (exact) mass is 473 g/mol. The first-order chi connectivity index (χ1) is 16.7. The summed E-state index contributed by atoms with van der Waals surface area (Å²) in [5.74, 6) is -0.102. The summed E-state index contributed by atoms with van der Waals surface area (Å²) >= 11 is 0. The third-order valence-corrected chi connectivity index (χ3v) is 5.53. The minimum atomic E-state index is -0.872. The molecule has 34 heavy (non-hydrogen) atoms. The zero-order valence-electron chi connectivity index (χ0n) is 21.8. The molecule has 2 atom stereocenters. The highest BCUT2D eigenvalue weighted by atomic mass is 16.3. The molecule has 0 saturated carbocycles. The van der Waals surface area contributed by atoms with Gasteiger partial charge in [0, 0.05) is 6.42 Å². The maximum Gasteiger partial charge on any atom is 0.220 e. The van der Waals surface area contributed by atoms with Gasteiger partial charge in [0.05, 0.1) is 18.8 Å². The van der Waals surface area contributed by atoms with E-state index in [9.17, 15) is 15.0 Å². The second kappa shape index (κ2) is 25.7. The first kappa shape index (κ1) is 32.1. The predicted octanol–water partition coefficient (Wildman–Crippen LogP) is 7.11. The van der Waals surface area contributed by atoms with Gasteiger partial charge in [-0.1, -0.05) is 93.4 Å². The molecule has 0 aliphatic heterocycles. The molecule has 0 saturated heterocycles. The van der Waals surface area contributed by atoms with Crippen LogP contribution in [0.3, 0.4) is 0 Å². The van der Waals surface area contributed by atoms with Gasteiger partial charge in [-0.05, 0) is 64.7 Å². The molecular formula is C30H51NO3. The molecule has 4 nitrogen and oxygen atoms in total. The summed E-state index contributed by atoms with van der Waals surface area (Å²) in [6.45, 7) is 3.94. The molecule has 0 aromatic carbocycles. The number of amides is 1. The zero-order valence-corrected chi connectivity index (χ0v) is 21.8. The topological polar surface area (TPSA) is 69.6 Å². The predicted molar refractivity (Wildman–Crippen MR) is 147 cm³/mol. The van der Waals surface area contributed by atoms with Crippen molar-refractivity contribution in [2.45, 2.75) is 116 Å². The smallest absolute Gasteiger partial charge is 0.220 e. The van der Waals surface area contributed by atoms with E-state index in [2.05, 4.69) is 60.8 Å². The van der Waals surface area contributed by atoms with Crippen molar-refractivity contribution in [2.24, 2.45) is 0 Å². The van der Waals surface area contributed by atoms with Crippen molar-refractivity contribution < 1.29 is 15.0 Å². The molecule has 0 bridgehead atoms. The van der Waals surface area contributed by atoms with Crippen LogP contribution in [-0.2, 0) is 4.79 Å². The van der Waals surface area contributed by atoms with Gasteiger partial charge in [0.2, 0.25) is 5.91 Å². The van der Waals surface area contributed by atoms with Crippen LogP contribution in [0.15, 0.2) is 60.8 Å². The van der Waals surface area contributed by atoms with E-state index in [1.807, 2.05) is 13.0 Å². The number of aliphatic hydroxyl groups is 2. The van der Waals surface area contributed by atoms with Gasteiger partial charge in [-0.25, -0.2) is 0 Å². The summed E-state index contributed by atoms with van der Waals surface area (Å²) in [5.41, 5.74) is 0. The van der Waals surface area contributed by atoms with E-state index < -0.39 is 12.1 Å². The Morgan fingerprint density at radius 3 is 2.03 bits per heavy atom. The second-order valence-corrected chi connectivity index (χ2v) is 8.74. The molecule has 0 fully saturated rings.